The van der Waals surface area contributed by atoms with Crippen molar-refractivity contribution < 1.29 is 23.8 Å². The lowest BCUT2D eigenvalue weighted by molar-refractivity contribution is -0.0586. The maximum atomic E-state index is 13.3. The lowest BCUT2D eigenvalue weighted by Crippen LogP contribution is -2.48. The number of rotatable bonds is 7. The van der Waals surface area contributed by atoms with Crippen LogP contribution in [0, 0.1) is 0 Å². The molecule has 1 saturated heterocycles. The molecule has 2 aromatic rings. The molecular weight excluding hydrogens is 382 g/mol. The fourth-order valence-electron chi connectivity index (χ4n) is 3.73. The van der Waals surface area contributed by atoms with Gasteiger partial charge in [0.25, 0.3) is 5.91 Å². The van der Waals surface area contributed by atoms with Crippen LogP contribution in [0.5, 0.6) is 11.5 Å². The van der Waals surface area contributed by atoms with Crippen molar-refractivity contribution in [2.24, 2.45) is 0 Å². The van der Waals surface area contributed by atoms with Crippen molar-refractivity contribution >= 4 is 11.7 Å². The summed E-state index contributed by atoms with van der Waals surface area (Å²) in [5.41, 5.74) is 1.22. The van der Waals surface area contributed by atoms with Crippen LogP contribution in [0.4, 0.5) is 0 Å². The molecule has 2 atom stereocenters. The Labute approximate surface area is 177 Å². The maximum absolute atomic E-state index is 13.3. The quantitative estimate of drug-likeness (QED) is 0.645. The first-order valence-electron chi connectivity index (χ1n) is 10.4. The van der Waals surface area contributed by atoms with Gasteiger partial charge < -0.3 is 19.1 Å². The number of benzene rings is 2. The van der Waals surface area contributed by atoms with Gasteiger partial charge in [-0.1, -0.05) is 18.2 Å². The Hall–Kier alpha value is -2.86. The number of ether oxygens (including phenoxy) is 3. The average molecular weight is 411 g/mol. The lowest BCUT2D eigenvalue weighted by atomic mass is 9.97. The van der Waals surface area contributed by atoms with Crippen molar-refractivity contribution in [3.05, 3.63) is 59.2 Å². The van der Waals surface area contributed by atoms with E-state index in [9.17, 15) is 9.59 Å². The first-order valence-corrected chi connectivity index (χ1v) is 10.4. The monoisotopic (exact) mass is 411 g/mol. The number of carbonyl (C=O) groups excluding carboxylic acids is 2. The van der Waals surface area contributed by atoms with Gasteiger partial charge in [0, 0.05) is 24.2 Å². The Morgan fingerprint density at radius 2 is 1.53 bits per heavy atom. The molecule has 0 aromatic heterocycles. The molecule has 0 bridgehead atoms. The smallest absolute Gasteiger partial charge is 0.254 e. The van der Waals surface area contributed by atoms with Crippen LogP contribution in [0.15, 0.2) is 42.5 Å². The number of nitrogens with zero attached hydrogens (tertiary/aromatic N) is 1. The van der Waals surface area contributed by atoms with E-state index in [0.717, 1.165) is 0 Å². The Balaban J connectivity index is 1.92. The van der Waals surface area contributed by atoms with Crippen LogP contribution in [0.25, 0.3) is 0 Å². The second kappa shape index (κ2) is 9.76. The summed E-state index contributed by atoms with van der Waals surface area (Å²) < 4.78 is 17.0. The zero-order valence-corrected chi connectivity index (χ0v) is 18.0. The topological polar surface area (TPSA) is 65.1 Å². The number of hydrogen-bond donors (Lipinski definition) is 0. The van der Waals surface area contributed by atoms with E-state index in [-0.39, 0.29) is 23.9 Å². The first kappa shape index (κ1) is 21.8. The molecule has 0 N–H and O–H groups in total. The van der Waals surface area contributed by atoms with Crippen LogP contribution < -0.4 is 9.47 Å². The van der Waals surface area contributed by atoms with Crippen LogP contribution in [0.2, 0.25) is 0 Å². The van der Waals surface area contributed by atoms with Gasteiger partial charge in [-0.25, -0.2) is 0 Å². The number of ketones is 1. The average Bonchev–Trinajstić information content (AvgIpc) is 2.73. The minimum atomic E-state index is -0.225. The van der Waals surface area contributed by atoms with Gasteiger partial charge in [0.1, 0.15) is 0 Å². The van der Waals surface area contributed by atoms with Crippen molar-refractivity contribution in [2.45, 2.75) is 39.9 Å². The predicted octanol–water partition coefficient (Wildman–Crippen LogP) is 3.96. The summed E-state index contributed by atoms with van der Waals surface area (Å²) in [4.78, 5) is 28.3. The SMILES string of the molecule is CCOc1ccc(C(=O)c2ccccc2C(=O)N2C[C@@H](C)O[C@@H](C)C2)cc1OCC. The van der Waals surface area contributed by atoms with Crippen LogP contribution in [-0.4, -0.2) is 55.1 Å². The molecular formula is C24H29NO5. The molecule has 0 saturated carbocycles. The highest BCUT2D eigenvalue weighted by molar-refractivity contribution is 6.15. The van der Waals surface area contributed by atoms with E-state index in [1.165, 1.54) is 0 Å². The van der Waals surface area contributed by atoms with E-state index in [4.69, 9.17) is 14.2 Å². The van der Waals surface area contributed by atoms with Crippen molar-refractivity contribution in [3.8, 4) is 11.5 Å². The summed E-state index contributed by atoms with van der Waals surface area (Å²) in [5, 5.41) is 0. The largest absolute Gasteiger partial charge is 0.490 e. The van der Waals surface area contributed by atoms with Gasteiger partial charge in [-0.2, -0.15) is 0 Å². The fourth-order valence-corrected chi connectivity index (χ4v) is 3.73. The van der Waals surface area contributed by atoms with Crippen molar-refractivity contribution in [2.75, 3.05) is 26.3 Å². The van der Waals surface area contributed by atoms with E-state index in [0.29, 0.717) is 54.5 Å². The molecule has 160 valence electrons. The molecule has 6 heteroatoms. The fraction of sp³-hybridized carbons (Fsp3) is 0.417. The summed E-state index contributed by atoms with van der Waals surface area (Å²) >= 11 is 0. The van der Waals surface area contributed by atoms with Gasteiger partial charge in [-0.05, 0) is 52.0 Å². The van der Waals surface area contributed by atoms with Crippen molar-refractivity contribution in [1.82, 2.24) is 4.90 Å². The summed E-state index contributed by atoms with van der Waals surface area (Å²) in [6, 6.07) is 12.1. The van der Waals surface area contributed by atoms with Gasteiger partial charge in [-0.3, -0.25) is 9.59 Å². The number of morpholine rings is 1. The number of carbonyl (C=O) groups is 2. The molecule has 1 fully saturated rings. The summed E-state index contributed by atoms with van der Waals surface area (Å²) in [7, 11) is 0. The Morgan fingerprint density at radius 1 is 0.933 bits per heavy atom. The minimum absolute atomic E-state index is 0.0413. The molecule has 0 spiro atoms. The molecule has 2 aromatic carbocycles. The van der Waals surface area contributed by atoms with Gasteiger partial charge in [-0.15, -0.1) is 0 Å². The molecule has 1 heterocycles. The molecule has 1 amide bonds. The number of amides is 1. The zero-order valence-electron chi connectivity index (χ0n) is 18.0. The van der Waals surface area contributed by atoms with E-state index in [2.05, 4.69) is 0 Å². The summed E-state index contributed by atoms with van der Waals surface area (Å²) in [6.07, 6.45) is -0.0825. The van der Waals surface area contributed by atoms with Crippen LogP contribution in [0.1, 0.15) is 54.0 Å². The molecule has 3 rings (SSSR count). The third-order valence-corrected chi connectivity index (χ3v) is 4.91. The highest BCUT2D eigenvalue weighted by Crippen LogP contribution is 2.30. The predicted molar refractivity (Wildman–Crippen MR) is 115 cm³/mol. The molecule has 1 aliphatic rings. The Morgan fingerprint density at radius 3 is 2.17 bits per heavy atom. The third-order valence-electron chi connectivity index (χ3n) is 4.91. The highest BCUT2D eigenvalue weighted by atomic mass is 16.5. The lowest BCUT2D eigenvalue weighted by Gasteiger charge is -2.35. The second-order valence-corrected chi connectivity index (χ2v) is 7.37. The van der Waals surface area contributed by atoms with Crippen LogP contribution in [-0.2, 0) is 4.74 Å². The van der Waals surface area contributed by atoms with Gasteiger partial charge >= 0.3 is 0 Å². The third kappa shape index (κ3) is 4.82. The van der Waals surface area contributed by atoms with Crippen molar-refractivity contribution in [3.63, 3.8) is 0 Å². The van der Waals surface area contributed by atoms with Crippen LogP contribution >= 0.6 is 0 Å². The molecule has 0 aliphatic carbocycles. The standard InChI is InChI=1S/C24H29NO5/c1-5-28-21-12-11-18(13-22(21)29-6-2)23(26)19-9-7-8-10-20(19)24(27)25-14-16(3)30-17(4)15-25/h7-13,16-17H,5-6,14-15H2,1-4H3/t16-,17+. The van der Waals surface area contributed by atoms with Gasteiger partial charge in [0.15, 0.2) is 17.3 Å². The van der Waals surface area contributed by atoms with E-state index in [1.54, 1.807) is 47.4 Å². The van der Waals surface area contributed by atoms with Crippen molar-refractivity contribution in [1.29, 1.82) is 0 Å². The van der Waals surface area contributed by atoms with Gasteiger partial charge in [0.2, 0.25) is 0 Å². The minimum Gasteiger partial charge on any atom is -0.490 e. The zero-order chi connectivity index (χ0) is 21.7. The Kier molecular flexibility index (Phi) is 7.11. The molecule has 0 radical (unpaired) electrons. The van der Waals surface area contributed by atoms with Crippen LogP contribution in [0.3, 0.4) is 0 Å². The van der Waals surface area contributed by atoms with E-state index >= 15 is 0 Å². The van der Waals surface area contributed by atoms with E-state index in [1.807, 2.05) is 27.7 Å². The second-order valence-electron chi connectivity index (χ2n) is 7.37. The highest BCUT2D eigenvalue weighted by Gasteiger charge is 2.29. The molecule has 6 nitrogen and oxygen atoms in total. The Bertz CT molecular complexity index is 900. The van der Waals surface area contributed by atoms with E-state index < -0.39 is 0 Å². The maximum Gasteiger partial charge on any atom is 0.254 e. The molecule has 1 aliphatic heterocycles. The summed E-state index contributed by atoms with van der Waals surface area (Å²) in [6.45, 7) is 9.63. The normalized spacial score (nSPS) is 18.7. The number of hydrogen-bond acceptors (Lipinski definition) is 5. The first-order chi connectivity index (χ1) is 14.4. The molecule has 0 unspecified atom stereocenters. The summed E-state index contributed by atoms with van der Waals surface area (Å²) in [5.74, 6) is 0.732. The van der Waals surface area contributed by atoms with Gasteiger partial charge in [0.05, 0.1) is 31.0 Å². The molecule has 30 heavy (non-hydrogen) atoms.